The van der Waals surface area contributed by atoms with E-state index in [1.807, 2.05) is 36.4 Å². The molecule has 2 heterocycles. The number of carbonyl (C=O) groups is 1. The van der Waals surface area contributed by atoms with E-state index in [4.69, 9.17) is 15.2 Å². The van der Waals surface area contributed by atoms with E-state index in [1.165, 1.54) is 0 Å². The highest BCUT2D eigenvalue weighted by molar-refractivity contribution is 5.85. The van der Waals surface area contributed by atoms with Crippen molar-refractivity contribution in [1.82, 2.24) is 10.3 Å². The van der Waals surface area contributed by atoms with Gasteiger partial charge in [-0.05, 0) is 30.5 Å². The lowest BCUT2D eigenvalue weighted by Gasteiger charge is -2.12. The molecule has 142 valence electrons. The molecule has 1 aliphatic rings. The topological polar surface area (TPSA) is 86.5 Å². The van der Waals surface area contributed by atoms with Gasteiger partial charge in [0, 0.05) is 25.4 Å². The molecule has 0 aliphatic carbocycles. The average molecular weight is 400 g/mol. The van der Waals surface area contributed by atoms with Crippen molar-refractivity contribution in [2.75, 3.05) is 6.54 Å². The van der Waals surface area contributed by atoms with Gasteiger partial charge in [0.05, 0.1) is 6.10 Å². The summed E-state index contributed by atoms with van der Waals surface area (Å²) in [6, 6.07) is 13.1. The first-order chi connectivity index (χ1) is 11.7. The Balaban J connectivity index is 0.00000169. The lowest BCUT2D eigenvalue weighted by molar-refractivity contribution is -0.132. The minimum Gasteiger partial charge on any atom is -0.439 e. The number of nitrogens with zero attached hydrogens (tertiary/aromatic N) is 1. The van der Waals surface area contributed by atoms with Gasteiger partial charge in [0.1, 0.15) is 11.9 Å². The first-order valence-electron chi connectivity index (χ1n) is 8.05. The summed E-state index contributed by atoms with van der Waals surface area (Å²) in [5, 5.41) is 2.87. The third kappa shape index (κ3) is 6.14. The standard InChI is InChI=1S/C18H21N3O3.2ClH/c19-10-15-7-8-16(23-15)18(22)21-12-13-6-9-17(20-11-13)24-14-4-2-1-3-5-14;;/h1-6,9,11,15-16H,7-8,10,12,19H2,(H,21,22);2*1H/t15-,16+;;/m1../s1. The first kappa shape index (κ1) is 22.2. The van der Waals surface area contributed by atoms with Crippen LogP contribution in [0.4, 0.5) is 0 Å². The van der Waals surface area contributed by atoms with Crippen LogP contribution in [0.5, 0.6) is 11.6 Å². The van der Waals surface area contributed by atoms with Crippen molar-refractivity contribution in [1.29, 1.82) is 0 Å². The largest absolute Gasteiger partial charge is 0.439 e. The zero-order chi connectivity index (χ0) is 16.8. The molecular weight excluding hydrogens is 377 g/mol. The number of carbonyl (C=O) groups excluding carboxylic acids is 1. The number of rotatable bonds is 6. The molecule has 1 aromatic heterocycles. The number of amides is 1. The molecule has 0 spiro atoms. The Kier molecular flexibility index (Phi) is 9.37. The van der Waals surface area contributed by atoms with Gasteiger partial charge in [0.2, 0.25) is 11.8 Å². The quantitative estimate of drug-likeness (QED) is 0.779. The van der Waals surface area contributed by atoms with Crippen molar-refractivity contribution in [3.05, 3.63) is 54.2 Å². The van der Waals surface area contributed by atoms with Crippen molar-refractivity contribution >= 4 is 30.7 Å². The van der Waals surface area contributed by atoms with E-state index in [9.17, 15) is 4.79 Å². The summed E-state index contributed by atoms with van der Waals surface area (Å²) >= 11 is 0. The Hall–Kier alpha value is -1.86. The second-order valence-corrected chi connectivity index (χ2v) is 5.70. The summed E-state index contributed by atoms with van der Waals surface area (Å²) in [7, 11) is 0. The second kappa shape index (κ2) is 11.0. The van der Waals surface area contributed by atoms with Gasteiger partial charge in [-0.25, -0.2) is 4.98 Å². The van der Waals surface area contributed by atoms with Gasteiger partial charge >= 0.3 is 0 Å². The van der Waals surface area contributed by atoms with Gasteiger partial charge in [-0.1, -0.05) is 24.3 Å². The van der Waals surface area contributed by atoms with Gasteiger partial charge in [0.25, 0.3) is 0 Å². The zero-order valence-electron chi connectivity index (χ0n) is 14.2. The molecule has 2 atom stereocenters. The van der Waals surface area contributed by atoms with E-state index in [1.54, 1.807) is 12.3 Å². The minimum absolute atomic E-state index is 0. The van der Waals surface area contributed by atoms with Crippen LogP contribution in [0.15, 0.2) is 48.7 Å². The molecular formula is C18H23Cl2N3O3. The number of nitrogens with one attached hydrogen (secondary N) is 1. The summed E-state index contributed by atoms with van der Waals surface area (Å²) in [6.07, 6.45) is 2.85. The molecule has 1 aliphatic heterocycles. The fourth-order valence-corrected chi connectivity index (χ4v) is 2.56. The molecule has 8 heteroatoms. The second-order valence-electron chi connectivity index (χ2n) is 5.70. The van der Waals surface area contributed by atoms with Gasteiger partial charge in [-0.3, -0.25) is 4.79 Å². The number of pyridine rings is 1. The normalized spacial score (nSPS) is 18.3. The number of benzene rings is 1. The molecule has 1 aromatic carbocycles. The summed E-state index contributed by atoms with van der Waals surface area (Å²) < 4.78 is 11.2. The highest BCUT2D eigenvalue weighted by Gasteiger charge is 2.29. The van der Waals surface area contributed by atoms with Crippen LogP contribution in [0.2, 0.25) is 0 Å². The molecule has 1 amide bonds. The van der Waals surface area contributed by atoms with Crippen LogP contribution in [0.3, 0.4) is 0 Å². The fourth-order valence-electron chi connectivity index (χ4n) is 2.56. The highest BCUT2D eigenvalue weighted by Crippen LogP contribution is 2.20. The fraction of sp³-hybridized carbons (Fsp3) is 0.333. The molecule has 0 saturated carbocycles. The van der Waals surface area contributed by atoms with Crippen LogP contribution >= 0.6 is 24.8 Å². The molecule has 26 heavy (non-hydrogen) atoms. The third-order valence-electron chi connectivity index (χ3n) is 3.89. The van der Waals surface area contributed by atoms with E-state index >= 15 is 0 Å². The molecule has 1 fully saturated rings. The molecule has 1 saturated heterocycles. The van der Waals surface area contributed by atoms with Crippen LogP contribution in [-0.2, 0) is 16.1 Å². The maximum atomic E-state index is 12.1. The van der Waals surface area contributed by atoms with Gasteiger partial charge in [-0.2, -0.15) is 0 Å². The number of hydrogen-bond acceptors (Lipinski definition) is 5. The molecule has 0 unspecified atom stereocenters. The maximum Gasteiger partial charge on any atom is 0.249 e. The minimum atomic E-state index is -0.396. The van der Waals surface area contributed by atoms with Crippen molar-refractivity contribution < 1.29 is 14.3 Å². The number of nitrogens with two attached hydrogens (primary N) is 1. The maximum absolute atomic E-state index is 12.1. The van der Waals surface area contributed by atoms with Gasteiger partial charge in [-0.15, -0.1) is 24.8 Å². The number of hydrogen-bond donors (Lipinski definition) is 2. The van der Waals surface area contributed by atoms with E-state index < -0.39 is 6.10 Å². The summed E-state index contributed by atoms with van der Waals surface area (Å²) in [6.45, 7) is 0.862. The van der Waals surface area contributed by atoms with Crippen LogP contribution in [-0.4, -0.2) is 29.6 Å². The number of aromatic nitrogens is 1. The van der Waals surface area contributed by atoms with Crippen molar-refractivity contribution in [3.63, 3.8) is 0 Å². The van der Waals surface area contributed by atoms with Crippen LogP contribution < -0.4 is 15.8 Å². The molecule has 6 nitrogen and oxygen atoms in total. The Morgan fingerprint density at radius 2 is 1.96 bits per heavy atom. The smallest absolute Gasteiger partial charge is 0.249 e. The Labute approximate surface area is 165 Å². The zero-order valence-corrected chi connectivity index (χ0v) is 15.8. The summed E-state index contributed by atoms with van der Waals surface area (Å²) in [5.41, 5.74) is 6.45. The van der Waals surface area contributed by atoms with Crippen LogP contribution in [0.25, 0.3) is 0 Å². The highest BCUT2D eigenvalue weighted by atomic mass is 35.5. The van der Waals surface area contributed by atoms with E-state index in [0.29, 0.717) is 19.0 Å². The van der Waals surface area contributed by atoms with Gasteiger partial charge < -0.3 is 20.5 Å². The monoisotopic (exact) mass is 399 g/mol. The predicted octanol–water partition coefficient (Wildman–Crippen LogP) is 2.84. The molecule has 3 rings (SSSR count). The third-order valence-corrected chi connectivity index (χ3v) is 3.89. The lowest BCUT2D eigenvalue weighted by Crippen LogP contribution is -2.35. The van der Waals surface area contributed by atoms with E-state index in [2.05, 4.69) is 10.3 Å². The van der Waals surface area contributed by atoms with Crippen molar-refractivity contribution in [2.24, 2.45) is 5.73 Å². The SMILES string of the molecule is Cl.Cl.NC[C@H]1CC[C@@H](C(=O)NCc2ccc(Oc3ccccc3)nc2)O1. The van der Waals surface area contributed by atoms with E-state index in [-0.39, 0.29) is 36.8 Å². The molecule has 2 aromatic rings. The van der Waals surface area contributed by atoms with E-state index in [0.717, 1.165) is 24.2 Å². The Morgan fingerprint density at radius 3 is 2.58 bits per heavy atom. The average Bonchev–Trinajstić information content (AvgIpc) is 3.11. The van der Waals surface area contributed by atoms with Crippen LogP contribution in [0.1, 0.15) is 18.4 Å². The van der Waals surface area contributed by atoms with Crippen LogP contribution in [0, 0.1) is 0 Å². The molecule has 0 radical (unpaired) electrons. The first-order valence-corrected chi connectivity index (χ1v) is 8.05. The number of para-hydroxylation sites is 1. The lowest BCUT2D eigenvalue weighted by atomic mass is 10.2. The van der Waals surface area contributed by atoms with Crippen molar-refractivity contribution in [2.45, 2.75) is 31.6 Å². The predicted molar refractivity (Wildman–Crippen MR) is 104 cm³/mol. The van der Waals surface area contributed by atoms with Crippen molar-refractivity contribution in [3.8, 4) is 11.6 Å². The van der Waals surface area contributed by atoms with Gasteiger partial charge in [0.15, 0.2) is 0 Å². The Bertz CT molecular complexity index is 671. The molecule has 3 N–H and O–H groups in total. The Morgan fingerprint density at radius 1 is 1.19 bits per heavy atom. The molecule has 0 bridgehead atoms. The summed E-state index contributed by atoms with van der Waals surface area (Å²) in [5.74, 6) is 1.15. The summed E-state index contributed by atoms with van der Waals surface area (Å²) in [4.78, 5) is 16.3. The number of ether oxygens (including phenoxy) is 2. The number of halogens is 2.